The number of halogens is 7. The van der Waals surface area contributed by atoms with Crippen LogP contribution in [-0.4, -0.2) is 37.4 Å². The molecule has 0 fully saturated rings. The predicted octanol–water partition coefficient (Wildman–Crippen LogP) is 4.52. The van der Waals surface area contributed by atoms with Crippen molar-refractivity contribution in [3.63, 3.8) is 0 Å². The molecule has 2 aromatic carbocycles. The summed E-state index contributed by atoms with van der Waals surface area (Å²) in [5, 5.41) is 2.93. The summed E-state index contributed by atoms with van der Waals surface area (Å²) in [6, 6.07) is 5.48. The summed E-state index contributed by atoms with van der Waals surface area (Å²) in [5.74, 6) is -5.49. The van der Waals surface area contributed by atoms with Crippen LogP contribution in [-0.2, 0) is 15.7 Å². The Morgan fingerprint density at radius 1 is 1.00 bits per heavy atom. The molecule has 2 rings (SSSR count). The Labute approximate surface area is 182 Å². The van der Waals surface area contributed by atoms with Crippen molar-refractivity contribution in [1.82, 2.24) is 5.32 Å². The number of alkyl halides is 6. The minimum atomic E-state index is -5.67. The Balaban J connectivity index is 2.68. The largest absolute Gasteiger partial charge is 0.495 e. The second-order valence-corrected chi connectivity index (χ2v) is 6.44. The van der Waals surface area contributed by atoms with Crippen molar-refractivity contribution in [2.24, 2.45) is 0 Å². The van der Waals surface area contributed by atoms with Gasteiger partial charge in [0.15, 0.2) is 0 Å². The third-order valence-corrected chi connectivity index (χ3v) is 4.28. The first kappa shape index (κ1) is 25.7. The molecule has 2 N–H and O–H groups in total. The number of ether oxygens (including phenoxy) is 2. The van der Waals surface area contributed by atoms with Gasteiger partial charge in [-0.05, 0) is 37.3 Å². The number of hydrogen-bond donors (Lipinski definition) is 2. The Morgan fingerprint density at radius 3 is 2.15 bits per heavy atom. The van der Waals surface area contributed by atoms with Crippen LogP contribution >= 0.6 is 0 Å². The second-order valence-electron chi connectivity index (χ2n) is 6.44. The molecular formula is C20H17F7N2O4. The molecule has 0 saturated carbocycles. The molecule has 6 nitrogen and oxygen atoms in total. The van der Waals surface area contributed by atoms with Gasteiger partial charge in [0.05, 0.1) is 30.5 Å². The summed E-state index contributed by atoms with van der Waals surface area (Å²) < 4.78 is 105. The summed E-state index contributed by atoms with van der Waals surface area (Å²) >= 11 is 0. The van der Waals surface area contributed by atoms with Crippen LogP contribution < -0.4 is 15.4 Å². The quantitative estimate of drug-likeness (QED) is 0.345. The number of rotatable bonds is 7. The summed E-state index contributed by atoms with van der Waals surface area (Å²) in [6.07, 6.45) is -10.6. The first-order chi connectivity index (χ1) is 15.3. The van der Waals surface area contributed by atoms with Gasteiger partial charge in [0, 0.05) is 0 Å². The Kier molecular flexibility index (Phi) is 7.45. The highest BCUT2D eigenvalue weighted by Crippen LogP contribution is 2.39. The van der Waals surface area contributed by atoms with Crippen LogP contribution in [0.3, 0.4) is 0 Å². The number of carbonyl (C=O) groups excluding carboxylic acids is 2. The van der Waals surface area contributed by atoms with E-state index < -0.39 is 64.9 Å². The zero-order chi connectivity index (χ0) is 25.0. The number of carbonyl (C=O) groups is 2. The van der Waals surface area contributed by atoms with E-state index in [1.807, 2.05) is 0 Å². The molecule has 180 valence electrons. The molecule has 0 unspecified atom stereocenters. The summed E-state index contributed by atoms with van der Waals surface area (Å²) in [5.41, 5.74) is -7.26. The Bertz CT molecular complexity index is 1020. The predicted molar refractivity (Wildman–Crippen MR) is 101 cm³/mol. The van der Waals surface area contributed by atoms with Gasteiger partial charge in [0.1, 0.15) is 11.6 Å². The van der Waals surface area contributed by atoms with Gasteiger partial charge in [-0.2, -0.15) is 26.3 Å². The van der Waals surface area contributed by atoms with Gasteiger partial charge in [-0.25, -0.2) is 9.18 Å². The molecule has 33 heavy (non-hydrogen) atoms. The molecule has 13 heteroatoms. The van der Waals surface area contributed by atoms with Gasteiger partial charge < -0.3 is 20.1 Å². The van der Waals surface area contributed by atoms with E-state index in [1.54, 1.807) is 5.32 Å². The van der Waals surface area contributed by atoms with Gasteiger partial charge in [-0.3, -0.25) is 4.79 Å². The van der Waals surface area contributed by atoms with E-state index >= 15 is 0 Å². The van der Waals surface area contributed by atoms with Crippen LogP contribution in [0.25, 0.3) is 0 Å². The van der Waals surface area contributed by atoms with Gasteiger partial charge in [-0.15, -0.1) is 0 Å². The fourth-order valence-electron chi connectivity index (χ4n) is 2.70. The van der Waals surface area contributed by atoms with E-state index in [-0.39, 0.29) is 6.07 Å². The molecule has 0 aliphatic rings. The normalized spacial score (nSPS) is 13.6. The smallest absolute Gasteiger partial charge is 0.441 e. The monoisotopic (exact) mass is 482 g/mol. The lowest BCUT2D eigenvalue weighted by molar-refractivity contribution is -0.204. The number of benzene rings is 2. The molecule has 0 heterocycles. The molecule has 0 aliphatic carbocycles. The van der Waals surface area contributed by atoms with Gasteiger partial charge in [0.25, 0.3) is 5.91 Å². The maximum atomic E-state index is 14.2. The van der Waals surface area contributed by atoms with Crippen LogP contribution in [0.1, 0.15) is 22.8 Å². The van der Waals surface area contributed by atoms with Crippen LogP contribution in [0, 0.1) is 5.82 Å². The molecule has 1 amide bonds. The fraction of sp³-hybridized carbons (Fsp3) is 0.300. The molecule has 0 radical (unpaired) electrons. The van der Waals surface area contributed by atoms with Crippen molar-refractivity contribution in [3.8, 4) is 5.75 Å². The zero-order valence-electron chi connectivity index (χ0n) is 17.0. The maximum Gasteiger partial charge on any atom is 0.441 e. The van der Waals surface area contributed by atoms with Crippen molar-refractivity contribution < 1.29 is 49.8 Å². The summed E-state index contributed by atoms with van der Waals surface area (Å²) in [6.45, 7) is 0.593. The maximum absolute atomic E-state index is 14.2. The lowest BCUT2D eigenvalue weighted by Gasteiger charge is -2.35. The number of methoxy groups -OCH3 is 1. The minimum absolute atomic E-state index is 0.258. The third-order valence-electron chi connectivity index (χ3n) is 4.28. The number of amides is 1. The first-order valence-electron chi connectivity index (χ1n) is 9.11. The highest BCUT2D eigenvalue weighted by molar-refractivity contribution is 5.99. The van der Waals surface area contributed by atoms with E-state index in [1.165, 1.54) is 18.3 Å². The number of anilines is 1. The van der Waals surface area contributed by atoms with Crippen molar-refractivity contribution in [2.75, 3.05) is 19.0 Å². The van der Waals surface area contributed by atoms with E-state index in [0.717, 1.165) is 31.4 Å². The van der Waals surface area contributed by atoms with E-state index in [0.29, 0.717) is 6.07 Å². The summed E-state index contributed by atoms with van der Waals surface area (Å²) in [7, 11) is 0.964. The Hall–Kier alpha value is -3.51. The Morgan fingerprint density at radius 2 is 1.64 bits per heavy atom. The van der Waals surface area contributed by atoms with E-state index in [2.05, 4.69) is 4.74 Å². The van der Waals surface area contributed by atoms with Crippen molar-refractivity contribution in [2.45, 2.75) is 24.9 Å². The standard InChI is InChI=1S/C20H17F7N2O4/c1-3-33-17(31)18(20(25,26)27,29-16(30)12-6-4-5-7-13(12)21)28-14-10-11(19(22,23)24)8-9-15(14)32-2/h4-10,28H,3H2,1-2H3,(H,29,30)/t18-/m1/s1. The average molecular weight is 482 g/mol. The van der Waals surface area contributed by atoms with Gasteiger partial charge in [-0.1, -0.05) is 12.1 Å². The van der Waals surface area contributed by atoms with Crippen LogP contribution in [0.5, 0.6) is 5.75 Å². The molecule has 0 spiro atoms. The van der Waals surface area contributed by atoms with E-state index in [4.69, 9.17) is 4.74 Å². The SMILES string of the molecule is CCOC(=O)[C@](NC(=O)c1ccccc1F)(Nc1cc(C(F)(F)F)ccc1OC)C(F)(F)F. The second kappa shape index (κ2) is 9.55. The van der Waals surface area contributed by atoms with E-state index in [9.17, 15) is 40.3 Å². The summed E-state index contributed by atoms with van der Waals surface area (Å²) in [4.78, 5) is 25.0. The average Bonchev–Trinajstić information content (AvgIpc) is 2.72. The van der Waals surface area contributed by atoms with Gasteiger partial charge in [0.2, 0.25) is 0 Å². The lowest BCUT2D eigenvalue weighted by atomic mass is 10.1. The number of hydrogen-bond acceptors (Lipinski definition) is 5. The van der Waals surface area contributed by atoms with Crippen LogP contribution in [0.15, 0.2) is 42.5 Å². The minimum Gasteiger partial charge on any atom is -0.495 e. The molecule has 2 aromatic rings. The first-order valence-corrected chi connectivity index (χ1v) is 9.11. The van der Waals surface area contributed by atoms with Crippen molar-refractivity contribution >= 4 is 17.6 Å². The third kappa shape index (κ3) is 5.46. The fourth-order valence-corrected chi connectivity index (χ4v) is 2.70. The lowest BCUT2D eigenvalue weighted by Crippen LogP contribution is -2.69. The van der Waals surface area contributed by atoms with Crippen LogP contribution in [0.4, 0.5) is 36.4 Å². The molecule has 0 aromatic heterocycles. The molecular weight excluding hydrogens is 465 g/mol. The highest BCUT2D eigenvalue weighted by atomic mass is 19.4. The van der Waals surface area contributed by atoms with Crippen LogP contribution in [0.2, 0.25) is 0 Å². The van der Waals surface area contributed by atoms with Crippen molar-refractivity contribution in [1.29, 1.82) is 0 Å². The van der Waals surface area contributed by atoms with Crippen molar-refractivity contribution in [3.05, 3.63) is 59.4 Å². The number of nitrogens with one attached hydrogen (secondary N) is 2. The molecule has 0 aliphatic heterocycles. The number of esters is 1. The molecule has 0 saturated heterocycles. The topological polar surface area (TPSA) is 76.7 Å². The zero-order valence-corrected chi connectivity index (χ0v) is 17.0. The molecule has 1 atom stereocenters. The van der Waals surface area contributed by atoms with Gasteiger partial charge >= 0.3 is 24.0 Å². The highest BCUT2D eigenvalue weighted by Gasteiger charge is 2.64. The molecule has 0 bridgehead atoms.